The molecular formula is C18H17F3N4O3S. The molecule has 2 saturated heterocycles. The summed E-state index contributed by atoms with van der Waals surface area (Å²) in [4.78, 5) is 24.7. The van der Waals surface area contributed by atoms with Gasteiger partial charge in [0.1, 0.15) is 0 Å². The molecule has 1 aromatic rings. The van der Waals surface area contributed by atoms with Crippen molar-refractivity contribution in [2.45, 2.75) is 19.0 Å². The molecule has 1 amide bonds. The predicted molar refractivity (Wildman–Crippen MR) is 104 cm³/mol. The van der Waals surface area contributed by atoms with E-state index in [1.807, 2.05) is 0 Å². The number of ether oxygens (including phenoxy) is 1. The second-order valence-electron chi connectivity index (χ2n) is 6.21. The second-order valence-corrected chi connectivity index (χ2v) is 7.24. The molecule has 0 saturated carbocycles. The first-order valence-corrected chi connectivity index (χ1v) is 9.45. The number of amidine groups is 1. The van der Waals surface area contributed by atoms with Crippen LogP contribution in [0.3, 0.4) is 0 Å². The Labute approximate surface area is 168 Å². The minimum atomic E-state index is -4.49. The number of halogens is 3. The topological polar surface area (TPSA) is 83.4 Å². The van der Waals surface area contributed by atoms with Crippen molar-refractivity contribution in [3.63, 3.8) is 0 Å². The summed E-state index contributed by atoms with van der Waals surface area (Å²) in [6.07, 6.45) is -0.568. The van der Waals surface area contributed by atoms with Gasteiger partial charge in [0, 0.05) is 24.9 Å². The summed E-state index contributed by atoms with van der Waals surface area (Å²) in [6.45, 7) is 1.20. The van der Waals surface area contributed by atoms with Crippen molar-refractivity contribution >= 4 is 40.7 Å². The van der Waals surface area contributed by atoms with Crippen LogP contribution in [0.25, 0.3) is 0 Å². The number of carbonyl (C=O) groups is 2. The first-order chi connectivity index (χ1) is 13.8. The molecule has 2 aliphatic rings. The Kier molecular flexibility index (Phi) is 6.26. The van der Waals surface area contributed by atoms with E-state index in [9.17, 15) is 22.8 Å². The minimum Gasteiger partial charge on any atom is -0.466 e. The van der Waals surface area contributed by atoms with Crippen molar-refractivity contribution in [3.8, 4) is 0 Å². The van der Waals surface area contributed by atoms with E-state index in [0.29, 0.717) is 13.1 Å². The Hall–Kier alpha value is -2.82. The number of rotatable bonds is 4. The average Bonchev–Trinajstić information content (AvgIpc) is 3.31. The maximum atomic E-state index is 13.5. The van der Waals surface area contributed by atoms with Crippen molar-refractivity contribution in [2.75, 3.05) is 25.1 Å². The van der Waals surface area contributed by atoms with Gasteiger partial charge in [-0.1, -0.05) is 6.07 Å². The highest BCUT2D eigenvalue weighted by Crippen LogP contribution is 2.38. The van der Waals surface area contributed by atoms with E-state index in [1.54, 1.807) is 4.90 Å². The summed E-state index contributed by atoms with van der Waals surface area (Å²) in [5.41, 5.74) is -0.332. The first-order valence-electron chi connectivity index (χ1n) is 8.64. The van der Waals surface area contributed by atoms with E-state index < -0.39 is 23.6 Å². The third-order valence-corrected chi connectivity index (χ3v) is 5.13. The highest BCUT2D eigenvalue weighted by Gasteiger charge is 2.35. The molecule has 11 heteroatoms. The molecule has 3 rings (SSSR count). The molecule has 2 aliphatic heterocycles. The number of hydrogen-bond acceptors (Lipinski definition) is 7. The standard InChI is InChI=1S/C18H17F3N4O3S/c1-28-15(26)9-14-16(27)23-17(29-14)24-22-10-11-4-5-13(25-6-2-3-7-25)12(8-11)18(19,20)21/h4-5,8-10H,2-3,6-7H2,1H3,(H,23,24,27)/b14-9+,22-10?. The second kappa shape index (κ2) is 8.68. The maximum absolute atomic E-state index is 13.5. The van der Waals surface area contributed by atoms with E-state index >= 15 is 0 Å². The van der Waals surface area contributed by atoms with Crippen LogP contribution in [0.5, 0.6) is 0 Å². The Morgan fingerprint density at radius 3 is 2.69 bits per heavy atom. The smallest absolute Gasteiger partial charge is 0.418 e. The van der Waals surface area contributed by atoms with E-state index in [0.717, 1.165) is 36.7 Å². The fourth-order valence-corrected chi connectivity index (χ4v) is 3.62. The Morgan fingerprint density at radius 1 is 1.31 bits per heavy atom. The molecule has 2 fully saturated rings. The minimum absolute atomic E-state index is 0.0834. The number of alkyl halides is 3. The lowest BCUT2D eigenvalue weighted by molar-refractivity contribution is -0.137. The Bertz CT molecular complexity index is 906. The van der Waals surface area contributed by atoms with Gasteiger partial charge in [0.25, 0.3) is 5.91 Å². The summed E-state index contributed by atoms with van der Waals surface area (Å²) in [6, 6.07) is 4.00. The van der Waals surface area contributed by atoms with Crippen LogP contribution >= 0.6 is 11.8 Å². The SMILES string of the molecule is COC(=O)/C=C1/S/C(=N\N=Cc2ccc(N3CCCC3)c(C(F)(F)F)c2)NC1=O. The zero-order valence-corrected chi connectivity index (χ0v) is 16.1. The van der Waals surface area contributed by atoms with Gasteiger partial charge >= 0.3 is 12.1 Å². The number of carbonyl (C=O) groups excluding carboxylic acids is 2. The van der Waals surface area contributed by atoms with E-state index in [4.69, 9.17) is 0 Å². The van der Waals surface area contributed by atoms with Crippen LogP contribution in [0.1, 0.15) is 24.0 Å². The first kappa shape index (κ1) is 20.9. The van der Waals surface area contributed by atoms with Gasteiger partial charge in [-0.15, -0.1) is 5.10 Å². The monoisotopic (exact) mass is 426 g/mol. The van der Waals surface area contributed by atoms with Gasteiger partial charge in [-0.2, -0.15) is 18.3 Å². The zero-order chi connectivity index (χ0) is 21.0. The summed E-state index contributed by atoms with van der Waals surface area (Å²) >= 11 is 0.873. The molecule has 1 N–H and O–H groups in total. The van der Waals surface area contributed by atoms with Crippen molar-refractivity contribution in [2.24, 2.45) is 10.2 Å². The van der Waals surface area contributed by atoms with E-state index in [-0.39, 0.29) is 21.3 Å². The molecule has 0 radical (unpaired) electrons. The highest BCUT2D eigenvalue weighted by molar-refractivity contribution is 8.18. The molecule has 0 aromatic heterocycles. The van der Waals surface area contributed by atoms with Crippen LogP contribution in [0.2, 0.25) is 0 Å². The highest BCUT2D eigenvalue weighted by atomic mass is 32.2. The predicted octanol–water partition coefficient (Wildman–Crippen LogP) is 2.92. The van der Waals surface area contributed by atoms with Gasteiger partial charge in [0.2, 0.25) is 0 Å². The van der Waals surface area contributed by atoms with Crippen molar-refractivity contribution in [3.05, 3.63) is 40.3 Å². The van der Waals surface area contributed by atoms with Gasteiger partial charge in [-0.3, -0.25) is 10.1 Å². The number of anilines is 1. The summed E-state index contributed by atoms with van der Waals surface area (Å²) in [5.74, 6) is -1.23. The van der Waals surface area contributed by atoms with Gasteiger partial charge in [-0.25, -0.2) is 4.79 Å². The van der Waals surface area contributed by atoms with Gasteiger partial charge in [-0.05, 0) is 42.3 Å². The maximum Gasteiger partial charge on any atom is 0.418 e. The lowest BCUT2D eigenvalue weighted by Crippen LogP contribution is -2.22. The zero-order valence-electron chi connectivity index (χ0n) is 15.3. The van der Waals surface area contributed by atoms with E-state index in [1.165, 1.54) is 25.5 Å². The van der Waals surface area contributed by atoms with Gasteiger partial charge in [0.05, 0.1) is 23.8 Å². The van der Waals surface area contributed by atoms with Crippen LogP contribution in [0.4, 0.5) is 18.9 Å². The number of thioether (sulfide) groups is 1. The molecule has 0 aliphatic carbocycles. The van der Waals surface area contributed by atoms with Crippen LogP contribution in [-0.4, -0.2) is 43.5 Å². The van der Waals surface area contributed by atoms with Crippen LogP contribution in [0, 0.1) is 0 Å². The molecule has 0 bridgehead atoms. The number of nitrogens with one attached hydrogen (secondary N) is 1. The fourth-order valence-electron chi connectivity index (χ4n) is 2.88. The summed E-state index contributed by atoms with van der Waals surface area (Å²) in [5, 5.41) is 10.0. The van der Waals surface area contributed by atoms with Gasteiger partial charge < -0.3 is 9.64 Å². The molecule has 1 aromatic carbocycles. The Morgan fingerprint density at radius 2 is 2.03 bits per heavy atom. The summed E-state index contributed by atoms with van der Waals surface area (Å²) < 4.78 is 44.9. The number of nitrogens with zero attached hydrogens (tertiary/aromatic N) is 3. The lowest BCUT2D eigenvalue weighted by atomic mass is 10.1. The van der Waals surface area contributed by atoms with Crippen molar-refractivity contribution in [1.82, 2.24) is 5.32 Å². The number of amides is 1. The fraction of sp³-hybridized carbons (Fsp3) is 0.333. The number of hydrogen-bond donors (Lipinski definition) is 1. The normalized spacial score (nSPS) is 20.1. The molecule has 0 atom stereocenters. The largest absolute Gasteiger partial charge is 0.466 e. The number of esters is 1. The van der Waals surface area contributed by atoms with E-state index in [2.05, 4.69) is 20.3 Å². The number of methoxy groups -OCH3 is 1. The quantitative estimate of drug-likeness (QED) is 0.347. The molecule has 7 nitrogen and oxygen atoms in total. The van der Waals surface area contributed by atoms with Crippen molar-refractivity contribution < 1.29 is 27.5 Å². The molecule has 0 spiro atoms. The molecule has 0 unspecified atom stereocenters. The van der Waals surface area contributed by atoms with Crippen molar-refractivity contribution in [1.29, 1.82) is 0 Å². The molecule has 29 heavy (non-hydrogen) atoms. The average molecular weight is 426 g/mol. The lowest BCUT2D eigenvalue weighted by Gasteiger charge is -2.22. The van der Waals surface area contributed by atoms with Gasteiger partial charge in [0.15, 0.2) is 5.17 Å². The summed E-state index contributed by atoms with van der Waals surface area (Å²) in [7, 11) is 1.18. The molecular weight excluding hydrogens is 409 g/mol. The Balaban J connectivity index is 1.77. The third-order valence-electron chi connectivity index (χ3n) is 4.23. The molecule has 2 heterocycles. The third kappa shape index (κ3) is 5.17. The van der Waals surface area contributed by atoms with Crippen LogP contribution in [-0.2, 0) is 20.5 Å². The van der Waals surface area contributed by atoms with Crippen LogP contribution in [0.15, 0.2) is 39.4 Å². The molecule has 154 valence electrons. The number of benzene rings is 1. The van der Waals surface area contributed by atoms with Crippen LogP contribution < -0.4 is 10.2 Å².